The van der Waals surface area contributed by atoms with Crippen molar-refractivity contribution in [3.05, 3.63) is 52.3 Å². The largest absolute Gasteiger partial charge is 0.480 e. The summed E-state index contributed by atoms with van der Waals surface area (Å²) in [6.45, 7) is 2.69. The van der Waals surface area contributed by atoms with Gasteiger partial charge in [-0.2, -0.15) is 0 Å². The number of hydrogen-bond donors (Lipinski definition) is 1. The summed E-state index contributed by atoms with van der Waals surface area (Å²) in [6, 6.07) is 2.38. The number of nitro benzene ring substituents is 1. The van der Waals surface area contributed by atoms with Gasteiger partial charge >= 0.3 is 5.97 Å². The topological polar surface area (TPSA) is 101 Å². The molecule has 0 spiro atoms. The van der Waals surface area contributed by atoms with Gasteiger partial charge < -0.3 is 10.0 Å². The molecule has 0 aliphatic heterocycles. The van der Waals surface area contributed by atoms with Gasteiger partial charge in [-0.1, -0.05) is 6.08 Å². The zero-order valence-electron chi connectivity index (χ0n) is 10.3. The molecule has 0 saturated carbocycles. The molecule has 1 N–H and O–H groups in total. The van der Waals surface area contributed by atoms with E-state index in [1.807, 2.05) is 0 Å². The Bertz CT molecular complexity index is 573. The van der Waals surface area contributed by atoms with Gasteiger partial charge in [0, 0.05) is 18.2 Å². The Hall–Kier alpha value is -2.77. The first-order valence-electron chi connectivity index (χ1n) is 5.42. The average molecular weight is 282 g/mol. The number of carboxylic acids is 1. The maximum atomic E-state index is 13.2. The molecule has 1 aromatic carbocycles. The van der Waals surface area contributed by atoms with Crippen LogP contribution in [0.15, 0.2) is 30.9 Å². The van der Waals surface area contributed by atoms with Crippen molar-refractivity contribution in [3.63, 3.8) is 0 Å². The average Bonchev–Trinajstić information content (AvgIpc) is 2.36. The number of rotatable bonds is 6. The highest BCUT2D eigenvalue weighted by Crippen LogP contribution is 2.17. The van der Waals surface area contributed by atoms with Crippen LogP contribution < -0.4 is 0 Å². The lowest BCUT2D eigenvalue weighted by Gasteiger charge is -2.18. The first kappa shape index (κ1) is 15.3. The molecule has 20 heavy (non-hydrogen) atoms. The first-order valence-corrected chi connectivity index (χ1v) is 5.42. The molecule has 1 amide bonds. The fraction of sp³-hybridized carbons (Fsp3) is 0.167. The Labute approximate surface area is 113 Å². The molecule has 7 nitrogen and oxygen atoms in total. The van der Waals surface area contributed by atoms with Crippen LogP contribution in [0.2, 0.25) is 0 Å². The normalized spacial score (nSPS) is 9.85. The fourth-order valence-electron chi connectivity index (χ4n) is 1.52. The van der Waals surface area contributed by atoms with Gasteiger partial charge in [0.2, 0.25) is 0 Å². The molecule has 0 radical (unpaired) electrons. The minimum atomic E-state index is -1.26. The van der Waals surface area contributed by atoms with Gasteiger partial charge in [0.05, 0.1) is 11.0 Å². The van der Waals surface area contributed by atoms with E-state index in [9.17, 15) is 24.1 Å². The van der Waals surface area contributed by atoms with E-state index in [4.69, 9.17) is 5.11 Å². The molecule has 1 aromatic rings. The minimum absolute atomic E-state index is 0.0740. The Morgan fingerprint density at radius 1 is 1.45 bits per heavy atom. The molecule has 1 rings (SSSR count). The van der Waals surface area contributed by atoms with Gasteiger partial charge in [0.25, 0.3) is 11.6 Å². The number of non-ortho nitro benzene ring substituents is 1. The summed E-state index contributed by atoms with van der Waals surface area (Å²) in [5.74, 6) is -3.03. The van der Waals surface area contributed by atoms with E-state index in [-0.39, 0.29) is 12.1 Å². The third kappa shape index (κ3) is 3.87. The summed E-state index contributed by atoms with van der Waals surface area (Å²) in [7, 11) is 0. The summed E-state index contributed by atoms with van der Waals surface area (Å²) in [4.78, 5) is 33.3. The van der Waals surface area contributed by atoms with Crippen molar-refractivity contribution < 1.29 is 24.0 Å². The van der Waals surface area contributed by atoms with Crippen LogP contribution in [0, 0.1) is 15.9 Å². The Balaban J connectivity index is 3.13. The minimum Gasteiger partial charge on any atom is -0.480 e. The summed E-state index contributed by atoms with van der Waals surface area (Å²) >= 11 is 0. The van der Waals surface area contributed by atoms with E-state index in [0.29, 0.717) is 6.07 Å². The third-order valence-electron chi connectivity index (χ3n) is 2.30. The molecule has 0 bridgehead atoms. The van der Waals surface area contributed by atoms with Crippen LogP contribution in [-0.4, -0.2) is 39.9 Å². The van der Waals surface area contributed by atoms with Crippen LogP contribution in [0.4, 0.5) is 10.1 Å². The van der Waals surface area contributed by atoms with Crippen molar-refractivity contribution in [1.82, 2.24) is 4.90 Å². The van der Waals surface area contributed by atoms with Gasteiger partial charge in [0.15, 0.2) is 0 Å². The number of aliphatic carboxylic acids is 1. The highest BCUT2D eigenvalue weighted by atomic mass is 19.1. The van der Waals surface area contributed by atoms with E-state index < -0.39 is 34.8 Å². The lowest BCUT2D eigenvalue weighted by atomic mass is 10.1. The van der Waals surface area contributed by atoms with Crippen LogP contribution in [0.5, 0.6) is 0 Å². The Morgan fingerprint density at radius 2 is 2.10 bits per heavy atom. The number of carbonyl (C=O) groups is 2. The van der Waals surface area contributed by atoms with Crippen LogP contribution in [0.3, 0.4) is 0 Å². The summed E-state index contributed by atoms with van der Waals surface area (Å²) in [6.07, 6.45) is 1.30. The molecule has 0 atom stereocenters. The molecule has 0 aliphatic rings. The van der Waals surface area contributed by atoms with Crippen molar-refractivity contribution in [1.29, 1.82) is 0 Å². The highest BCUT2D eigenvalue weighted by Gasteiger charge is 2.21. The lowest BCUT2D eigenvalue weighted by Crippen LogP contribution is -2.35. The number of nitrogens with zero attached hydrogens (tertiary/aromatic N) is 2. The van der Waals surface area contributed by atoms with Crippen molar-refractivity contribution in [2.45, 2.75) is 0 Å². The number of benzene rings is 1. The Kier molecular flexibility index (Phi) is 4.90. The third-order valence-corrected chi connectivity index (χ3v) is 2.30. The molecule has 0 saturated heterocycles. The zero-order valence-corrected chi connectivity index (χ0v) is 10.3. The van der Waals surface area contributed by atoms with Gasteiger partial charge in [0.1, 0.15) is 12.4 Å². The van der Waals surface area contributed by atoms with E-state index >= 15 is 0 Å². The second kappa shape index (κ2) is 6.41. The zero-order chi connectivity index (χ0) is 15.3. The maximum absolute atomic E-state index is 13.2. The molecule has 8 heteroatoms. The van der Waals surface area contributed by atoms with E-state index in [1.165, 1.54) is 6.08 Å². The Morgan fingerprint density at radius 3 is 2.60 bits per heavy atom. The second-order valence-electron chi connectivity index (χ2n) is 3.82. The van der Waals surface area contributed by atoms with E-state index in [2.05, 4.69) is 6.58 Å². The number of carbonyl (C=O) groups excluding carboxylic acids is 1. The summed E-state index contributed by atoms with van der Waals surface area (Å²) in [5.41, 5.74) is -0.873. The van der Waals surface area contributed by atoms with Crippen molar-refractivity contribution in [2.75, 3.05) is 13.1 Å². The monoisotopic (exact) mass is 282 g/mol. The molecule has 0 unspecified atom stereocenters. The molecule has 106 valence electrons. The van der Waals surface area contributed by atoms with Crippen molar-refractivity contribution in [2.24, 2.45) is 0 Å². The van der Waals surface area contributed by atoms with Gasteiger partial charge in [-0.05, 0) is 6.07 Å². The lowest BCUT2D eigenvalue weighted by molar-refractivity contribution is -0.385. The molecule has 0 aliphatic carbocycles. The van der Waals surface area contributed by atoms with Crippen molar-refractivity contribution in [3.8, 4) is 0 Å². The molecular formula is C12H11FN2O5. The van der Waals surface area contributed by atoms with Gasteiger partial charge in [-0.15, -0.1) is 6.58 Å². The number of nitro groups is 1. The van der Waals surface area contributed by atoms with Gasteiger partial charge in [-0.25, -0.2) is 4.39 Å². The van der Waals surface area contributed by atoms with Crippen LogP contribution in [0.25, 0.3) is 0 Å². The highest BCUT2D eigenvalue weighted by molar-refractivity contribution is 5.96. The molecule has 0 fully saturated rings. The van der Waals surface area contributed by atoms with Gasteiger partial charge in [-0.3, -0.25) is 19.7 Å². The summed E-state index contributed by atoms with van der Waals surface area (Å²) < 4.78 is 13.2. The standard InChI is InChI=1S/C12H11FN2O5/c1-2-3-14(7-11(16)17)12(18)8-4-9(13)6-10(5-8)15(19)20/h2,4-6H,1,3,7H2,(H,16,17). The van der Waals surface area contributed by atoms with Crippen LogP contribution >= 0.6 is 0 Å². The van der Waals surface area contributed by atoms with Crippen molar-refractivity contribution >= 4 is 17.6 Å². The molecule has 0 heterocycles. The molecular weight excluding hydrogens is 271 g/mol. The van der Waals surface area contributed by atoms with Crippen LogP contribution in [-0.2, 0) is 4.79 Å². The van der Waals surface area contributed by atoms with E-state index in [1.54, 1.807) is 0 Å². The molecule has 0 aromatic heterocycles. The quantitative estimate of drug-likeness (QED) is 0.483. The maximum Gasteiger partial charge on any atom is 0.323 e. The second-order valence-corrected chi connectivity index (χ2v) is 3.82. The van der Waals surface area contributed by atoms with E-state index in [0.717, 1.165) is 17.0 Å². The summed E-state index contributed by atoms with van der Waals surface area (Å²) in [5, 5.41) is 19.3. The number of halogens is 1. The fourth-order valence-corrected chi connectivity index (χ4v) is 1.52. The smallest absolute Gasteiger partial charge is 0.323 e. The predicted octanol–water partition coefficient (Wildman–Crippen LogP) is 1.45. The number of amides is 1. The first-order chi connectivity index (χ1) is 9.35. The van der Waals surface area contributed by atoms with Crippen LogP contribution in [0.1, 0.15) is 10.4 Å². The number of carboxylic acid groups (broad SMARTS) is 1. The predicted molar refractivity (Wildman–Crippen MR) is 66.8 cm³/mol. The SMILES string of the molecule is C=CCN(CC(=O)O)C(=O)c1cc(F)cc([N+](=O)[O-])c1. The number of hydrogen-bond acceptors (Lipinski definition) is 4.